The Morgan fingerprint density at radius 2 is 2.00 bits per heavy atom. The summed E-state index contributed by atoms with van der Waals surface area (Å²) in [6, 6.07) is 11.9. The summed E-state index contributed by atoms with van der Waals surface area (Å²) in [5.74, 6) is 1.09. The van der Waals surface area contributed by atoms with E-state index in [1.165, 1.54) is 17.9 Å². The first-order valence-electron chi connectivity index (χ1n) is 10.3. The second-order valence-corrected chi connectivity index (χ2v) is 9.08. The number of benzene rings is 1. The van der Waals surface area contributed by atoms with Gasteiger partial charge in [0.1, 0.15) is 22.2 Å². The number of thiophene rings is 1. The molecule has 2 amide bonds. The fourth-order valence-electron chi connectivity index (χ4n) is 3.22. The van der Waals surface area contributed by atoms with Crippen LogP contribution in [0, 0.1) is 6.92 Å². The number of carbonyl (C=O) groups is 1. The van der Waals surface area contributed by atoms with Gasteiger partial charge in [0.05, 0.1) is 41.9 Å². The van der Waals surface area contributed by atoms with Gasteiger partial charge in [-0.05, 0) is 36.6 Å². The summed E-state index contributed by atoms with van der Waals surface area (Å²) in [5.41, 5.74) is 1.75. The maximum absolute atomic E-state index is 12.4. The van der Waals surface area contributed by atoms with Crippen LogP contribution in [-0.4, -0.2) is 41.6 Å². The van der Waals surface area contributed by atoms with Gasteiger partial charge in [0.25, 0.3) is 5.56 Å². The van der Waals surface area contributed by atoms with E-state index in [1.807, 2.05) is 24.4 Å². The first-order chi connectivity index (χ1) is 16.5. The predicted octanol–water partition coefficient (Wildman–Crippen LogP) is 4.24. The Hall–Kier alpha value is -3.70. The highest BCUT2D eigenvalue weighted by Gasteiger charge is 2.14. The van der Waals surface area contributed by atoms with Gasteiger partial charge in [0.2, 0.25) is 0 Å². The third-order valence-electron chi connectivity index (χ3n) is 4.89. The lowest BCUT2D eigenvalue weighted by atomic mass is 10.2. The van der Waals surface area contributed by atoms with Crippen molar-refractivity contribution in [1.82, 2.24) is 20.1 Å². The van der Waals surface area contributed by atoms with Gasteiger partial charge in [0, 0.05) is 18.7 Å². The molecule has 0 aliphatic carbocycles. The Balaban J connectivity index is 1.42. The minimum atomic E-state index is -0.436. The zero-order valence-electron chi connectivity index (χ0n) is 18.8. The number of hydrogen-bond donors (Lipinski definition) is 2. The molecule has 2 N–H and O–H groups in total. The van der Waals surface area contributed by atoms with Gasteiger partial charge >= 0.3 is 6.03 Å². The van der Waals surface area contributed by atoms with E-state index in [1.54, 1.807) is 54.0 Å². The van der Waals surface area contributed by atoms with Gasteiger partial charge < -0.3 is 20.1 Å². The second-order valence-electron chi connectivity index (χ2n) is 7.14. The minimum Gasteiger partial charge on any atom is -0.497 e. The van der Waals surface area contributed by atoms with E-state index in [4.69, 9.17) is 9.47 Å². The SMILES string of the molecule is COc1ccc(OC)c(NC(=O)NCCn2nc(-c3sc(-c4cccs4)nc3C)ccc2=O)c1. The van der Waals surface area contributed by atoms with Crippen molar-refractivity contribution in [3.8, 4) is 32.0 Å². The largest absolute Gasteiger partial charge is 0.497 e. The number of hydrogen-bond acceptors (Lipinski definition) is 8. The van der Waals surface area contributed by atoms with Crippen molar-refractivity contribution in [2.75, 3.05) is 26.1 Å². The van der Waals surface area contributed by atoms with Gasteiger partial charge in [0.15, 0.2) is 0 Å². The van der Waals surface area contributed by atoms with Gasteiger partial charge in [-0.1, -0.05) is 6.07 Å². The van der Waals surface area contributed by atoms with Crippen molar-refractivity contribution in [1.29, 1.82) is 0 Å². The van der Waals surface area contributed by atoms with Crippen LogP contribution in [0.15, 0.2) is 52.6 Å². The fourth-order valence-corrected chi connectivity index (χ4v) is 5.05. The van der Waals surface area contributed by atoms with Crippen LogP contribution in [0.1, 0.15) is 5.69 Å². The molecule has 0 unspecified atom stereocenters. The molecule has 3 heterocycles. The smallest absolute Gasteiger partial charge is 0.319 e. The first kappa shape index (κ1) is 23.5. The summed E-state index contributed by atoms with van der Waals surface area (Å²) in [4.78, 5) is 31.4. The number of ether oxygens (including phenoxy) is 2. The molecule has 0 saturated heterocycles. The van der Waals surface area contributed by atoms with Crippen LogP contribution in [-0.2, 0) is 6.54 Å². The number of nitrogens with one attached hydrogen (secondary N) is 2. The van der Waals surface area contributed by atoms with Gasteiger partial charge in [-0.25, -0.2) is 14.5 Å². The zero-order valence-corrected chi connectivity index (χ0v) is 20.5. The van der Waals surface area contributed by atoms with E-state index in [2.05, 4.69) is 20.7 Å². The Bertz CT molecular complexity index is 1350. The number of anilines is 1. The molecule has 1 aromatic carbocycles. The van der Waals surface area contributed by atoms with Crippen LogP contribution in [0.3, 0.4) is 0 Å². The molecule has 0 aliphatic heterocycles. The lowest BCUT2D eigenvalue weighted by Gasteiger charge is -2.13. The van der Waals surface area contributed by atoms with Crippen molar-refractivity contribution in [2.45, 2.75) is 13.5 Å². The number of thiazole rings is 1. The first-order valence-corrected chi connectivity index (χ1v) is 12.0. The molecule has 34 heavy (non-hydrogen) atoms. The molecule has 176 valence electrons. The van der Waals surface area contributed by atoms with Crippen molar-refractivity contribution in [3.63, 3.8) is 0 Å². The van der Waals surface area contributed by atoms with Crippen LogP contribution in [0.4, 0.5) is 10.5 Å². The minimum absolute atomic E-state index is 0.205. The Kier molecular flexibility index (Phi) is 7.24. The summed E-state index contributed by atoms with van der Waals surface area (Å²) >= 11 is 3.17. The molecule has 0 radical (unpaired) electrons. The number of nitrogens with zero attached hydrogens (tertiary/aromatic N) is 3. The number of amides is 2. The van der Waals surface area contributed by atoms with Gasteiger partial charge in [-0.2, -0.15) is 5.10 Å². The number of aromatic nitrogens is 3. The van der Waals surface area contributed by atoms with E-state index < -0.39 is 6.03 Å². The average molecular weight is 498 g/mol. The molecule has 11 heteroatoms. The van der Waals surface area contributed by atoms with Crippen molar-refractivity contribution in [3.05, 3.63) is 63.9 Å². The molecule has 4 aromatic rings. The number of rotatable bonds is 8. The standard InChI is InChI=1S/C23H23N5O4S2/c1-14-21(34-22(25-14)19-5-4-12-33-19)16-7-9-20(29)28(27-16)11-10-24-23(30)26-17-13-15(31-2)6-8-18(17)32-3/h4-9,12-13H,10-11H2,1-3H3,(H2,24,26,30). The molecule has 0 atom stereocenters. The van der Waals surface area contributed by atoms with E-state index in [-0.39, 0.29) is 18.6 Å². The lowest BCUT2D eigenvalue weighted by molar-refractivity contribution is 0.251. The van der Waals surface area contributed by atoms with Crippen molar-refractivity contribution < 1.29 is 14.3 Å². The molecule has 9 nitrogen and oxygen atoms in total. The highest BCUT2D eigenvalue weighted by Crippen LogP contribution is 2.35. The number of aryl methyl sites for hydroxylation is 1. The van der Waals surface area contributed by atoms with Crippen LogP contribution in [0.25, 0.3) is 20.5 Å². The molecule has 0 fully saturated rings. The lowest BCUT2D eigenvalue weighted by Crippen LogP contribution is -2.34. The van der Waals surface area contributed by atoms with Gasteiger partial charge in [-0.15, -0.1) is 22.7 Å². The number of urea groups is 1. The molecule has 0 aliphatic rings. The number of methoxy groups -OCH3 is 2. The van der Waals surface area contributed by atoms with Gasteiger partial charge in [-0.3, -0.25) is 4.79 Å². The maximum atomic E-state index is 12.4. The highest BCUT2D eigenvalue weighted by atomic mass is 32.1. The van der Waals surface area contributed by atoms with E-state index >= 15 is 0 Å². The third-order valence-corrected chi connectivity index (χ3v) is 7.11. The third kappa shape index (κ3) is 5.26. The molecule has 0 bridgehead atoms. The summed E-state index contributed by atoms with van der Waals surface area (Å²) < 4.78 is 11.8. The maximum Gasteiger partial charge on any atom is 0.319 e. The summed E-state index contributed by atoms with van der Waals surface area (Å²) in [6.07, 6.45) is 0. The van der Waals surface area contributed by atoms with E-state index in [9.17, 15) is 9.59 Å². The Morgan fingerprint density at radius 3 is 2.74 bits per heavy atom. The molecule has 3 aromatic heterocycles. The fraction of sp³-hybridized carbons (Fsp3) is 0.217. The van der Waals surface area contributed by atoms with Crippen molar-refractivity contribution >= 4 is 34.4 Å². The number of carbonyl (C=O) groups excluding carboxylic acids is 1. The van der Waals surface area contributed by atoms with Crippen LogP contribution in [0.2, 0.25) is 0 Å². The Morgan fingerprint density at radius 1 is 1.15 bits per heavy atom. The topological polar surface area (TPSA) is 107 Å². The normalized spacial score (nSPS) is 10.7. The average Bonchev–Trinajstić information content (AvgIpc) is 3.50. The molecular weight excluding hydrogens is 474 g/mol. The monoisotopic (exact) mass is 497 g/mol. The molecule has 0 spiro atoms. The van der Waals surface area contributed by atoms with Crippen LogP contribution in [0.5, 0.6) is 11.5 Å². The molecule has 4 rings (SSSR count). The quantitative estimate of drug-likeness (QED) is 0.377. The van der Waals surface area contributed by atoms with Crippen LogP contribution >= 0.6 is 22.7 Å². The predicted molar refractivity (Wildman–Crippen MR) is 134 cm³/mol. The van der Waals surface area contributed by atoms with Crippen LogP contribution < -0.4 is 25.7 Å². The summed E-state index contributed by atoms with van der Waals surface area (Å²) in [7, 11) is 3.06. The summed E-state index contributed by atoms with van der Waals surface area (Å²) in [6.45, 7) is 2.35. The summed E-state index contributed by atoms with van der Waals surface area (Å²) in [5, 5.41) is 12.9. The van der Waals surface area contributed by atoms with E-state index in [0.717, 1.165) is 20.5 Å². The second kappa shape index (κ2) is 10.5. The molecular formula is C23H23N5O4S2. The highest BCUT2D eigenvalue weighted by molar-refractivity contribution is 7.23. The zero-order chi connectivity index (χ0) is 24.1. The molecule has 0 saturated carbocycles. The van der Waals surface area contributed by atoms with Crippen molar-refractivity contribution in [2.24, 2.45) is 0 Å². The van der Waals surface area contributed by atoms with E-state index in [0.29, 0.717) is 22.9 Å². The Labute approximate surface area is 204 Å².